The van der Waals surface area contributed by atoms with Gasteiger partial charge in [-0.3, -0.25) is 15.2 Å². The maximum absolute atomic E-state index is 11.0. The van der Waals surface area contributed by atoms with E-state index in [0.717, 1.165) is 16.0 Å². The van der Waals surface area contributed by atoms with E-state index in [1.54, 1.807) is 11.3 Å². The second-order valence-electron chi connectivity index (χ2n) is 4.65. The van der Waals surface area contributed by atoms with Gasteiger partial charge < -0.3 is 5.73 Å². The van der Waals surface area contributed by atoms with Crippen LogP contribution in [0.25, 0.3) is 21.7 Å². The minimum atomic E-state index is -0.402. The van der Waals surface area contributed by atoms with Gasteiger partial charge >= 0.3 is 0 Å². The third-order valence-corrected chi connectivity index (χ3v) is 4.01. The number of hydrogen-bond donors (Lipinski definition) is 2. The van der Waals surface area contributed by atoms with Crippen molar-refractivity contribution >= 4 is 22.8 Å². The van der Waals surface area contributed by atoms with Crippen molar-refractivity contribution < 1.29 is 4.92 Å². The molecule has 6 nitrogen and oxygen atoms in total. The Hall–Kier alpha value is -2.67. The number of aryl methyl sites for hydroxylation is 1. The Labute approximate surface area is 124 Å². The lowest BCUT2D eigenvalue weighted by Crippen LogP contribution is -1.91. The van der Waals surface area contributed by atoms with Crippen LogP contribution in [0.3, 0.4) is 0 Å². The predicted octanol–water partition coefficient (Wildman–Crippen LogP) is 3.60. The van der Waals surface area contributed by atoms with Gasteiger partial charge in [-0.1, -0.05) is 6.07 Å². The predicted molar refractivity (Wildman–Crippen MR) is 83.1 cm³/mol. The molecule has 0 spiro atoms. The summed E-state index contributed by atoms with van der Waals surface area (Å²) < 4.78 is 0. The van der Waals surface area contributed by atoms with E-state index >= 15 is 0 Å². The van der Waals surface area contributed by atoms with Crippen molar-refractivity contribution in [1.82, 2.24) is 10.2 Å². The minimum Gasteiger partial charge on any atom is -0.382 e. The number of non-ortho nitro benzene ring substituents is 1. The Morgan fingerprint density at radius 3 is 2.86 bits per heavy atom. The number of hydrogen-bond acceptors (Lipinski definition) is 5. The standard InChI is InChI=1S/C14H12N4O2S/c1-8-5-9(7-10(6-8)18(19)20)13-12(14(15)17-16-13)11-3-2-4-21-11/h2-7H,1H3,(H3,15,16,17). The number of anilines is 1. The summed E-state index contributed by atoms with van der Waals surface area (Å²) in [5.41, 5.74) is 8.98. The molecule has 0 aliphatic carbocycles. The van der Waals surface area contributed by atoms with Gasteiger partial charge in [0.05, 0.1) is 16.2 Å². The van der Waals surface area contributed by atoms with Crippen LogP contribution in [0, 0.1) is 17.0 Å². The molecule has 0 atom stereocenters. The summed E-state index contributed by atoms with van der Waals surface area (Å²) in [6.45, 7) is 1.82. The van der Waals surface area contributed by atoms with Crippen LogP contribution in [0.1, 0.15) is 5.56 Å². The van der Waals surface area contributed by atoms with Crippen LogP contribution < -0.4 is 5.73 Å². The average Bonchev–Trinajstić information content (AvgIpc) is 3.06. The molecule has 0 bridgehead atoms. The van der Waals surface area contributed by atoms with Gasteiger partial charge in [0.25, 0.3) is 5.69 Å². The molecule has 3 aromatic rings. The first-order valence-corrected chi connectivity index (χ1v) is 7.08. The number of nitrogens with one attached hydrogen (secondary N) is 1. The number of rotatable bonds is 3. The van der Waals surface area contributed by atoms with Crippen molar-refractivity contribution in [2.24, 2.45) is 0 Å². The van der Waals surface area contributed by atoms with Crippen LogP contribution >= 0.6 is 11.3 Å². The van der Waals surface area contributed by atoms with Crippen LogP contribution in [0.5, 0.6) is 0 Å². The molecule has 0 aliphatic rings. The van der Waals surface area contributed by atoms with E-state index in [0.29, 0.717) is 17.1 Å². The Balaban J connectivity index is 2.20. The zero-order chi connectivity index (χ0) is 15.0. The fourth-order valence-corrected chi connectivity index (χ4v) is 3.03. The van der Waals surface area contributed by atoms with Crippen molar-refractivity contribution in [3.8, 4) is 21.7 Å². The number of nitrogens with zero attached hydrogens (tertiary/aromatic N) is 2. The average molecular weight is 300 g/mol. The van der Waals surface area contributed by atoms with Crippen LogP contribution in [-0.2, 0) is 0 Å². The molecule has 0 saturated carbocycles. The molecule has 2 heterocycles. The lowest BCUT2D eigenvalue weighted by molar-refractivity contribution is -0.384. The third kappa shape index (κ3) is 2.38. The summed E-state index contributed by atoms with van der Waals surface area (Å²) in [6, 6.07) is 8.80. The topological polar surface area (TPSA) is 97.8 Å². The van der Waals surface area contributed by atoms with Crippen LogP contribution in [0.4, 0.5) is 11.5 Å². The number of aromatic amines is 1. The van der Waals surface area contributed by atoms with Gasteiger partial charge in [0.15, 0.2) is 5.82 Å². The van der Waals surface area contributed by atoms with Gasteiger partial charge in [0, 0.05) is 22.6 Å². The summed E-state index contributed by atoms with van der Waals surface area (Å²) >= 11 is 1.54. The number of thiophene rings is 1. The van der Waals surface area contributed by atoms with Crippen molar-refractivity contribution in [3.63, 3.8) is 0 Å². The largest absolute Gasteiger partial charge is 0.382 e. The molecule has 0 unspecified atom stereocenters. The van der Waals surface area contributed by atoms with E-state index in [-0.39, 0.29) is 5.69 Å². The highest BCUT2D eigenvalue weighted by Gasteiger charge is 2.18. The molecule has 1 aromatic carbocycles. The molecule has 0 saturated heterocycles. The summed E-state index contributed by atoms with van der Waals surface area (Å²) in [4.78, 5) is 11.6. The Kier molecular flexibility index (Phi) is 3.19. The summed E-state index contributed by atoms with van der Waals surface area (Å²) in [5, 5.41) is 19.9. The molecule has 7 heteroatoms. The second kappa shape index (κ2) is 5.02. The normalized spacial score (nSPS) is 10.7. The van der Waals surface area contributed by atoms with E-state index in [2.05, 4.69) is 10.2 Å². The van der Waals surface area contributed by atoms with Gasteiger partial charge in [0.2, 0.25) is 0 Å². The molecule has 3 rings (SSSR count). The molecule has 0 amide bonds. The van der Waals surface area contributed by atoms with E-state index in [9.17, 15) is 10.1 Å². The van der Waals surface area contributed by atoms with E-state index < -0.39 is 4.92 Å². The lowest BCUT2D eigenvalue weighted by atomic mass is 10.0. The maximum Gasteiger partial charge on any atom is 0.270 e. The van der Waals surface area contributed by atoms with Crippen molar-refractivity contribution in [2.45, 2.75) is 6.92 Å². The number of benzene rings is 1. The van der Waals surface area contributed by atoms with Gasteiger partial charge in [-0.05, 0) is 30.0 Å². The van der Waals surface area contributed by atoms with E-state index in [4.69, 9.17) is 5.73 Å². The number of H-pyrrole nitrogens is 1. The quantitative estimate of drug-likeness (QED) is 0.570. The summed E-state index contributed by atoms with van der Waals surface area (Å²) in [6.07, 6.45) is 0. The number of nitrogen functional groups attached to an aromatic ring is 1. The van der Waals surface area contributed by atoms with Crippen molar-refractivity contribution in [1.29, 1.82) is 0 Å². The first-order chi connectivity index (χ1) is 10.1. The van der Waals surface area contributed by atoms with Gasteiger partial charge in [-0.15, -0.1) is 11.3 Å². The Morgan fingerprint density at radius 2 is 2.19 bits per heavy atom. The highest BCUT2D eigenvalue weighted by molar-refractivity contribution is 7.13. The third-order valence-electron chi connectivity index (χ3n) is 3.12. The first-order valence-electron chi connectivity index (χ1n) is 6.20. The number of nitro groups is 1. The minimum absolute atomic E-state index is 0.0512. The highest BCUT2D eigenvalue weighted by atomic mass is 32.1. The highest BCUT2D eigenvalue weighted by Crippen LogP contribution is 2.38. The Bertz CT molecular complexity index is 809. The second-order valence-corrected chi connectivity index (χ2v) is 5.60. The van der Waals surface area contributed by atoms with Gasteiger partial charge in [-0.25, -0.2) is 0 Å². The monoisotopic (exact) mass is 300 g/mol. The summed E-state index contributed by atoms with van der Waals surface area (Å²) in [5.74, 6) is 0.386. The molecule has 21 heavy (non-hydrogen) atoms. The number of aromatic nitrogens is 2. The molecular formula is C14H12N4O2S. The molecule has 0 aliphatic heterocycles. The molecular weight excluding hydrogens is 288 g/mol. The van der Waals surface area contributed by atoms with Crippen LogP contribution in [0.15, 0.2) is 35.7 Å². The van der Waals surface area contributed by atoms with Gasteiger partial charge in [-0.2, -0.15) is 5.10 Å². The summed E-state index contributed by atoms with van der Waals surface area (Å²) in [7, 11) is 0. The van der Waals surface area contributed by atoms with Crippen molar-refractivity contribution in [3.05, 3.63) is 51.4 Å². The van der Waals surface area contributed by atoms with E-state index in [1.807, 2.05) is 30.5 Å². The zero-order valence-electron chi connectivity index (χ0n) is 11.2. The first kappa shape index (κ1) is 13.3. The fraction of sp³-hybridized carbons (Fsp3) is 0.0714. The molecule has 0 fully saturated rings. The smallest absolute Gasteiger partial charge is 0.270 e. The van der Waals surface area contributed by atoms with Gasteiger partial charge in [0.1, 0.15) is 0 Å². The van der Waals surface area contributed by atoms with Crippen LogP contribution in [0.2, 0.25) is 0 Å². The SMILES string of the molecule is Cc1cc(-c2[nH]nc(N)c2-c2cccs2)cc([N+](=O)[O-])c1. The van der Waals surface area contributed by atoms with Crippen LogP contribution in [-0.4, -0.2) is 15.1 Å². The number of nitrogens with two attached hydrogens (primary N) is 1. The number of nitro benzene ring substituents is 1. The fourth-order valence-electron chi connectivity index (χ4n) is 2.25. The zero-order valence-corrected chi connectivity index (χ0v) is 12.0. The molecule has 3 N–H and O–H groups in total. The molecule has 0 radical (unpaired) electrons. The van der Waals surface area contributed by atoms with E-state index in [1.165, 1.54) is 12.1 Å². The van der Waals surface area contributed by atoms with Crippen molar-refractivity contribution in [2.75, 3.05) is 5.73 Å². The lowest BCUT2D eigenvalue weighted by Gasteiger charge is -2.04. The Morgan fingerprint density at radius 1 is 1.38 bits per heavy atom. The maximum atomic E-state index is 11.0. The molecule has 106 valence electrons. The molecule has 2 aromatic heterocycles.